The third-order valence-electron chi connectivity index (χ3n) is 6.73. The Bertz CT molecular complexity index is 1400. The van der Waals surface area contributed by atoms with Gasteiger partial charge in [-0.15, -0.1) is 0 Å². The second-order valence-corrected chi connectivity index (χ2v) is 8.74. The van der Waals surface area contributed by atoms with E-state index in [0.717, 1.165) is 17.4 Å². The van der Waals surface area contributed by atoms with Crippen LogP contribution in [0.3, 0.4) is 0 Å². The molecule has 1 saturated carbocycles. The minimum Gasteiger partial charge on any atom is -0.391 e. The number of nitrogens with zero attached hydrogens (tertiary/aromatic N) is 5. The zero-order valence-corrected chi connectivity index (χ0v) is 18.5. The molecule has 3 N–H and O–H groups in total. The highest BCUT2D eigenvalue weighted by Gasteiger charge is 2.33. The van der Waals surface area contributed by atoms with E-state index in [1.165, 1.54) is 6.20 Å². The van der Waals surface area contributed by atoms with Crippen LogP contribution < -0.4 is 10.6 Å². The van der Waals surface area contributed by atoms with E-state index in [1.807, 2.05) is 29.0 Å². The molecule has 4 aromatic heterocycles. The number of fused-ring (bicyclic) bond motifs is 2. The van der Waals surface area contributed by atoms with Crippen LogP contribution in [0.5, 0.6) is 0 Å². The fourth-order valence-corrected chi connectivity index (χ4v) is 4.65. The maximum Gasteiger partial charge on any atom is 0.257 e. The molecule has 4 atom stereocenters. The number of nitrogens with one attached hydrogen (secondary N) is 2. The second-order valence-electron chi connectivity index (χ2n) is 8.74. The number of aliphatic hydroxyl groups excluding tert-OH is 1. The summed E-state index contributed by atoms with van der Waals surface area (Å²) in [4.78, 5) is 22.2. The number of halogens is 1. The predicted octanol–water partition coefficient (Wildman–Crippen LogP) is 1.95. The second kappa shape index (κ2) is 8.03. The molecule has 1 amide bonds. The maximum absolute atomic E-state index is 14.5. The van der Waals surface area contributed by atoms with Crippen molar-refractivity contribution in [1.82, 2.24) is 29.5 Å². The summed E-state index contributed by atoms with van der Waals surface area (Å²) in [5.41, 5.74) is 2.70. The Labute approximate surface area is 193 Å². The number of pyridine rings is 1. The molecule has 0 unspecified atom stereocenters. The highest BCUT2D eigenvalue weighted by atomic mass is 19.1. The van der Waals surface area contributed by atoms with Crippen molar-refractivity contribution in [3.05, 3.63) is 42.4 Å². The van der Waals surface area contributed by atoms with Crippen LogP contribution in [0.1, 0.15) is 29.2 Å². The van der Waals surface area contributed by atoms with Gasteiger partial charge in [0.05, 0.1) is 43.3 Å². The Hall–Kier alpha value is -3.57. The van der Waals surface area contributed by atoms with Crippen molar-refractivity contribution < 1.29 is 19.0 Å². The van der Waals surface area contributed by atoms with E-state index in [0.29, 0.717) is 34.8 Å². The van der Waals surface area contributed by atoms with Gasteiger partial charge in [-0.25, -0.2) is 14.4 Å². The van der Waals surface area contributed by atoms with Gasteiger partial charge in [0.15, 0.2) is 5.65 Å². The van der Waals surface area contributed by atoms with Crippen molar-refractivity contribution in [3.8, 4) is 11.3 Å². The van der Waals surface area contributed by atoms with Gasteiger partial charge in [0.2, 0.25) is 0 Å². The Morgan fingerprint density at radius 1 is 1.29 bits per heavy atom. The lowest BCUT2D eigenvalue weighted by Crippen LogP contribution is -2.50. The van der Waals surface area contributed by atoms with Gasteiger partial charge in [0, 0.05) is 36.5 Å². The van der Waals surface area contributed by atoms with Crippen molar-refractivity contribution in [2.75, 3.05) is 25.6 Å². The highest BCUT2D eigenvalue weighted by Crippen LogP contribution is 2.35. The van der Waals surface area contributed by atoms with Crippen LogP contribution in [-0.2, 0) is 4.74 Å². The Balaban J connectivity index is 1.48. The fourth-order valence-electron chi connectivity index (χ4n) is 4.65. The smallest absolute Gasteiger partial charge is 0.257 e. The number of anilines is 1. The minimum atomic E-state index is -1.12. The SMILES string of the molecule is CNc1cc(-c2cn([C@H]3COC[C@H]3F)c3ncccc23)nc2c(C(=O)N[C@H]3CC[C@H]3O)cnn12. The first-order valence-electron chi connectivity index (χ1n) is 11.3. The first kappa shape index (κ1) is 21.0. The van der Waals surface area contributed by atoms with E-state index >= 15 is 0 Å². The van der Waals surface area contributed by atoms with Crippen molar-refractivity contribution in [2.24, 2.45) is 0 Å². The molecule has 1 aliphatic carbocycles. The van der Waals surface area contributed by atoms with Crippen molar-refractivity contribution in [1.29, 1.82) is 0 Å². The van der Waals surface area contributed by atoms with Gasteiger partial charge in [0.25, 0.3) is 5.91 Å². The first-order valence-corrected chi connectivity index (χ1v) is 11.3. The quantitative estimate of drug-likeness (QED) is 0.412. The molecule has 176 valence electrons. The lowest BCUT2D eigenvalue weighted by atomic mass is 9.89. The molecule has 10 nitrogen and oxygen atoms in total. The van der Waals surface area contributed by atoms with Crippen LogP contribution in [-0.4, -0.2) is 73.7 Å². The number of hydrogen-bond acceptors (Lipinski definition) is 7. The number of alkyl halides is 1. The van der Waals surface area contributed by atoms with Crippen LogP contribution in [0, 0.1) is 0 Å². The molecule has 1 aliphatic heterocycles. The van der Waals surface area contributed by atoms with Gasteiger partial charge in [-0.05, 0) is 25.0 Å². The maximum atomic E-state index is 14.5. The third-order valence-corrected chi connectivity index (χ3v) is 6.73. The van der Waals surface area contributed by atoms with Crippen molar-refractivity contribution in [3.63, 3.8) is 0 Å². The normalized spacial score (nSPS) is 24.4. The lowest BCUT2D eigenvalue weighted by molar-refractivity contribution is 0.0448. The summed E-state index contributed by atoms with van der Waals surface area (Å²) >= 11 is 0. The number of carbonyl (C=O) groups is 1. The van der Waals surface area contributed by atoms with Crippen molar-refractivity contribution >= 4 is 28.4 Å². The summed E-state index contributed by atoms with van der Waals surface area (Å²) in [5, 5.41) is 21.0. The minimum absolute atomic E-state index is 0.0601. The number of hydrogen-bond donors (Lipinski definition) is 3. The third kappa shape index (κ3) is 3.23. The Kier molecular flexibility index (Phi) is 4.96. The largest absolute Gasteiger partial charge is 0.391 e. The van der Waals surface area contributed by atoms with E-state index in [-0.39, 0.29) is 25.2 Å². The molecule has 0 radical (unpaired) electrons. The number of ether oxygens (including phenoxy) is 1. The van der Waals surface area contributed by atoms with Crippen LogP contribution in [0.25, 0.3) is 27.9 Å². The molecule has 2 aliphatic rings. The molecule has 0 bridgehead atoms. The van der Waals surface area contributed by atoms with E-state index in [2.05, 4.69) is 20.7 Å². The van der Waals surface area contributed by atoms with Gasteiger partial charge in [-0.1, -0.05) is 0 Å². The number of rotatable bonds is 5. The van der Waals surface area contributed by atoms with Gasteiger partial charge in [-0.3, -0.25) is 4.79 Å². The molecule has 34 heavy (non-hydrogen) atoms. The van der Waals surface area contributed by atoms with Gasteiger partial charge in [0.1, 0.15) is 23.2 Å². The average molecular weight is 465 g/mol. The van der Waals surface area contributed by atoms with Gasteiger partial charge in [-0.2, -0.15) is 9.61 Å². The van der Waals surface area contributed by atoms with Crippen LogP contribution in [0.4, 0.5) is 10.2 Å². The topological polar surface area (TPSA) is 119 Å². The van der Waals surface area contributed by atoms with E-state index in [4.69, 9.17) is 9.72 Å². The summed E-state index contributed by atoms with van der Waals surface area (Å²) in [6.45, 7) is 0.333. The van der Waals surface area contributed by atoms with E-state index in [9.17, 15) is 14.3 Å². The van der Waals surface area contributed by atoms with Crippen LogP contribution >= 0.6 is 0 Å². The molecule has 4 aromatic rings. The standard InChI is InChI=1S/C23H24FN7O3/c1-25-20-7-17(28-22-13(8-27-31(20)22)23(33)29-16-4-5-19(16)32)14-9-30(18-11-34-10-15(18)24)21-12(14)3-2-6-26-21/h2-3,6-9,15-16,18-19,25,32H,4-5,10-11H2,1H3,(H,29,33)/t15-,16+,18+,19-/m1/s1. The Morgan fingerprint density at radius 3 is 2.88 bits per heavy atom. The van der Waals surface area contributed by atoms with Crippen LogP contribution in [0.15, 0.2) is 36.8 Å². The Morgan fingerprint density at radius 2 is 2.18 bits per heavy atom. The number of carbonyl (C=O) groups excluding carboxylic acids is 1. The van der Waals surface area contributed by atoms with Crippen molar-refractivity contribution in [2.45, 2.75) is 37.2 Å². The lowest BCUT2D eigenvalue weighted by Gasteiger charge is -2.32. The molecule has 6 rings (SSSR count). The molecule has 0 spiro atoms. The monoisotopic (exact) mass is 465 g/mol. The average Bonchev–Trinajstić information content (AvgIpc) is 3.57. The molecule has 0 aromatic carbocycles. The zero-order chi connectivity index (χ0) is 23.4. The molecule has 1 saturated heterocycles. The molecule has 11 heteroatoms. The van der Waals surface area contributed by atoms with E-state index in [1.54, 1.807) is 17.8 Å². The number of amides is 1. The summed E-state index contributed by atoms with van der Waals surface area (Å²) in [6, 6.07) is 4.85. The molecular formula is C23H24FN7O3. The summed E-state index contributed by atoms with van der Waals surface area (Å²) < 4.78 is 23.3. The highest BCUT2D eigenvalue weighted by molar-refractivity contribution is 6.01. The van der Waals surface area contributed by atoms with E-state index < -0.39 is 18.3 Å². The summed E-state index contributed by atoms with van der Waals surface area (Å²) in [5.74, 6) is 0.304. The number of aliphatic hydroxyl groups is 1. The summed E-state index contributed by atoms with van der Waals surface area (Å²) in [7, 11) is 1.76. The molecule has 2 fully saturated rings. The zero-order valence-electron chi connectivity index (χ0n) is 18.5. The molecular weight excluding hydrogens is 441 g/mol. The van der Waals surface area contributed by atoms with Gasteiger partial charge < -0.3 is 25.0 Å². The fraction of sp³-hybridized carbons (Fsp3) is 0.391. The summed E-state index contributed by atoms with van der Waals surface area (Å²) in [6.07, 6.45) is 4.76. The van der Waals surface area contributed by atoms with Crippen LogP contribution in [0.2, 0.25) is 0 Å². The number of aromatic nitrogens is 5. The molecule has 5 heterocycles. The van der Waals surface area contributed by atoms with Gasteiger partial charge >= 0.3 is 0 Å². The first-order chi connectivity index (χ1) is 16.5. The predicted molar refractivity (Wildman–Crippen MR) is 123 cm³/mol.